The van der Waals surface area contributed by atoms with Crippen molar-refractivity contribution < 1.29 is 89.0 Å². The first-order valence-electron chi connectivity index (χ1n) is 31.3. The monoisotopic (exact) mass is 1140 g/mol. The van der Waals surface area contributed by atoms with Crippen LogP contribution in [0.4, 0.5) is 0 Å². The fourth-order valence-electron chi connectivity index (χ4n) is 11.3. The summed E-state index contributed by atoms with van der Waals surface area (Å²) >= 11 is 0. The van der Waals surface area contributed by atoms with Gasteiger partial charge in [-0.05, 0) is 60.2 Å². The fourth-order valence-corrected chi connectivity index (χ4v) is 11.3. The van der Waals surface area contributed by atoms with Gasteiger partial charge in [0.2, 0.25) is 0 Å². The second-order valence-electron chi connectivity index (χ2n) is 25.8. The molecular formula is C61H118O18. The summed E-state index contributed by atoms with van der Waals surface area (Å²) in [5, 5.41) is 107. The largest absolute Gasteiger partial charge is 0.394 e. The van der Waals surface area contributed by atoms with Gasteiger partial charge < -0.3 is 89.0 Å². The van der Waals surface area contributed by atoms with Crippen molar-refractivity contribution >= 4 is 0 Å². The van der Waals surface area contributed by atoms with Crippen LogP contribution in [-0.4, -0.2) is 196 Å². The van der Waals surface area contributed by atoms with E-state index in [1.54, 1.807) is 0 Å². The van der Waals surface area contributed by atoms with E-state index in [0.29, 0.717) is 36.9 Å². The molecule has 0 aromatic heterocycles. The lowest BCUT2D eigenvalue weighted by Crippen LogP contribution is -2.66. The lowest BCUT2D eigenvalue weighted by atomic mass is 9.91. The van der Waals surface area contributed by atoms with Crippen LogP contribution in [0.15, 0.2) is 0 Å². The molecule has 0 aromatic rings. The summed E-state index contributed by atoms with van der Waals surface area (Å²) in [5.74, 6) is 5.49. The number of rotatable bonds is 43. The van der Waals surface area contributed by atoms with Crippen molar-refractivity contribution in [3.8, 4) is 0 Å². The molecule has 3 saturated heterocycles. The van der Waals surface area contributed by atoms with Gasteiger partial charge in [0.15, 0.2) is 18.9 Å². The van der Waals surface area contributed by atoms with Crippen molar-refractivity contribution in [2.45, 2.75) is 296 Å². The Hall–Kier alpha value is -0.720. The Morgan fingerprint density at radius 1 is 0.329 bits per heavy atom. The van der Waals surface area contributed by atoms with Crippen molar-refractivity contribution in [2.24, 2.45) is 47.3 Å². The van der Waals surface area contributed by atoms with E-state index >= 15 is 0 Å². The molecule has 0 unspecified atom stereocenters. The van der Waals surface area contributed by atoms with E-state index in [4.69, 9.17) is 37.9 Å². The van der Waals surface area contributed by atoms with E-state index in [9.17, 15) is 51.1 Å². The van der Waals surface area contributed by atoms with E-state index in [-0.39, 0.29) is 13.2 Å². The zero-order valence-corrected chi connectivity index (χ0v) is 50.7. The highest BCUT2D eigenvalue weighted by Gasteiger charge is 2.54. The summed E-state index contributed by atoms with van der Waals surface area (Å²) in [6.45, 7) is 22.2. The van der Waals surface area contributed by atoms with Gasteiger partial charge in [0.25, 0.3) is 0 Å². The SMILES string of the molecule is CC(C)CCC[C@@H](C)CCC[C@@H](C)CCC[C@H](C)CCOCC(COCC[C@@H](C)CCC[C@H](C)CCC[C@H](C)CCCC(C)C)O[C@@H]1O[C@H](CO)[C@@H](O[C@@H]2O[C@H](CO)[C@@H](O[C@@H]3O[C@H](CO)[C@@H](O)[C@H](O)[C@H]3O)[C@H](O)[C@H]2O)[C@H](O)[C@H]1O. The molecule has 18 nitrogen and oxygen atoms in total. The first kappa shape index (κ1) is 72.5. The maximum Gasteiger partial charge on any atom is 0.187 e. The van der Waals surface area contributed by atoms with Gasteiger partial charge in [0.1, 0.15) is 79.4 Å². The average molecular weight is 1140 g/mol. The maximum absolute atomic E-state index is 11.5. The molecule has 470 valence electrons. The van der Waals surface area contributed by atoms with Crippen LogP contribution in [0.2, 0.25) is 0 Å². The minimum absolute atomic E-state index is 0.116. The highest BCUT2D eigenvalue weighted by atomic mass is 16.8. The zero-order chi connectivity index (χ0) is 58.6. The Kier molecular flexibility index (Phi) is 36.6. The first-order chi connectivity index (χ1) is 37.6. The Morgan fingerprint density at radius 2 is 0.620 bits per heavy atom. The molecule has 0 saturated carbocycles. The molecule has 3 aliphatic heterocycles. The molecule has 0 amide bonds. The average Bonchev–Trinajstić information content (AvgIpc) is 3.44. The second-order valence-corrected chi connectivity index (χ2v) is 25.8. The lowest BCUT2D eigenvalue weighted by molar-refractivity contribution is -0.381. The van der Waals surface area contributed by atoms with Crippen molar-refractivity contribution in [3.05, 3.63) is 0 Å². The number of aliphatic hydroxyl groups excluding tert-OH is 10. The normalized spacial score (nSPS) is 32.5. The minimum atomic E-state index is -1.94. The molecular weight excluding hydrogens is 1020 g/mol. The lowest BCUT2D eigenvalue weighted by Gasteiger charge is -2.48. The molecule has 3 heterocycles. The van der Waals surface area contributed by atoms with Crippen molar-refractivity contribution in [1.82, 2.24) is 0 Å². The number of hydrogen-bond donors (Lipinski definition) is 10. The summed E-state index contributed by atoms with van der Waals surface area (Å²) in [6, 6.07) is 0. The van der Waals surface area contributed by atoms with Gasteiger partial charge in [-0.2, -0.15) is 0 Å². The van der Waals surface area contributed by atoms with Crippen LogP contribution in [0.1, 0.15) is 198 Å². The van der Waals surface area contributed by atoms with Gasteiger partial charge in [-0.15, -0.1) is 0 Å². The molecule has 0 aliphatic carbocycles. The molecule has 18 heteroatoms. The molecule has 0 aromatic carbocycles. The molecule has 3 aliphatic rings. The van der Waals surface area contributed by atoms with Gasteiger partial charge >= 0.3 is 0 Å². The Labute approximate surface area is 476 Å². The maximum atomic E-state index is 11.5. The third-order valence-corrected chi connectivity index (χ3v) is 17.0. The van der Waals surface area contributed by atoms with Crippen LogP contribution in [0.3, 0.4) is 0 Å². The van der Waals surface area contributed by atoms with E-state index in [2.05, 4.69) is 69.2 Å². The summed E-state index contributed by atoms with van der Waals surface area (Å²) in [7, 11) is 0. The Bertz CT molecular complexity index is 1440. The summed E-state index contributed by atoms with van der Waals surface area (Å²) in [6.07, 6.45) is -1.21. The van der Waals surface area contributed by atoms with E-state index in [1.807, 2.05) is 0 Å². The van der Waals surface area contributed by atoms with Gasteiger partial charge in [-0.25, -0.2) is 0 Å². The van der Waals surface area contributed by atoms with Gasteiger partial charge in [-0.3, -0.25) is 0 Å². The Balaban J connectivity index is 1.55. The number of aliphatic hydroxyl groups is 10. The second kappa shape index (κ2) is 39.8. The molecule has 0 radical (unpaired) electrons. The van der Waals surface area contributed by atoms with Crippen LogP contribution in [0.25, 0.3) is 0 Å². The van der Waals surface area contributed by atoms with E-state index in [1.165, 1.54) is 103 Å². The third kappa shape index (κ3) is 27.0. The van der Waals surface area contributed by atoms with Crippen LogP contribution in [0, 0.1) is 47.3 Å². The minimum Gasteiger partial charge on any atom is -0.394 e. The van der Waals surface area contributed by atoms with E-state index in [0.717, 1.165) is 49.4 Å². The topological polar surface area (TPSA) is 276 Å². The molecule has 3 rings (SSSR count). The van der Waals surface area contributed by atoms with Crippen molar-refractivity contribution in [2.75, 3.05) is 46.2 Å². The number of hydrogen-bond acceptors (Lipinski definition) is 18. The Morgan fingerprint density at radius 3 is 0.962 bits per heavy atom. The van der Waals surface area contributed by atoms with E-state index < -0.39 is 118 Å². The van der Waals surface area contributed by atoms with Crippen LogP contribution < -0.4 is 0 Å². The fraction of sp³-hybridized carbons (Fsp3) is 1.00. The number of ether oxygens (including phenoxy) is 8. The van der Waals surface area contributed by atoms with Crippen molar-refractivity contribution in [3.63, 3.8) is 0 Å². The summed E-state index contributed by atoms with van der Waals surface area (Å²) in [5.41, 5.74) is 0. The first-order valence-corrected chi connectivity index (χ1v) is 31.3. The van der Waals surface area contributed by atoms with Gasteiger partial charge in [0, 0.05) is 13.2 Å². The highest BCUT2D eigenvalue weighted by molar-refractivity contribution is 4.96. The molecule has 10 N–H and O–H groups in total. The predicted octanol–water partition coefficient (Wildman–Crippen LogP) is 6.78. The smallest absolute Gasteiger partial charge is 0.187 e. The van der Waals surface area contributed by atoms with Crippen LogP contribution in [-0.2, 0) is 37.9 Å². The van der Waals surface area contributed by atoms with Gasteiger partial charge in [-0.1, -0.05) is 185 Å². The molecule has 3 fully saturated rings. The zero-order valence-electron chi connectivity index (χ0n) is 50.7. The predicted molar refractivity (Wildman–Crippen MR) is 303 cm³/mol. The summed E-state index contributed by atoms with van der Waals surface area (Å²) in [4.78, 5) is 0. The molecule has 0 bridgehead atoms. The standard InChI is InChI=1S/C61H118O18/c1-38(2)17-11-19-40(5)21-13-23-42(7)25-15-27-44(9)29-31-72-36-46(37-73-32-30-45(10)28-16-26-43(8)24-14-22-41(6)20-12-18-39(3)4)74-59-55(70)52(67)57(48(34-63)76-59)79-61-56(71)53(68)58(49(35-64)77-61)78-60-54(69)51(66)50(65)47(33-62)75-60/h38-71H,11-37H2,1-10H3/t40-,41-,42-,43-,44+,45+,47-,48-,49-,50-,51+,52-,53-,54-,55-,56-,57-,58-,59-,60+,61+/m1/s1. The molecule has 79 heavy (non-hydrogen) atoms. The van der Waals surface area contributed by atoms with Crippen molar-refractivity contribution in [1.29, 1.82) is 0 Å². The van der Waals surface area contributed by atoms with Crippen LogP contribution in [0.5, 0.6) is 0 Å². The molecule has 0 spiro atoms. The quantitative estimate of drug-likeness (QED) is 0.0282. The third-order valence-electron chi connectivity index (χ3n) is 17.0. The molecule has 21 atom stereocenters. The highest BCUT2D eigenvalue weighted by Crippen LogP contribution is 2.34. The van der Waals surface area contributed by atoms with Gasteiger partial charge in [0.05, 0.1) is 33.0 Å². The van der Waals surface area contributed by atoms with Crippen LogP contribution >= 0.6 is 0 Å². The summed E-state index contributed by atoms with van der Waals surface area (Å²) < 4.78 is 47.4.